The van der Waals surface area contributed by atoms with E-state index in [-0.39, 0.29) is 11.7 Å². The third-order valence-electron chi connectivity index (χ3n) is 4.56. The minimum absolute atomic E-state index is 0.103. The molecule has 3 aromatic rings. The fourth-order valence-corrected chi connectivity index (χ4v) is 3.18. The van der Waals surface area contributed by atoms with E-state index in [1.807, 2.05) is 24.3 Å². The van der Waals surface area contributed by atoms with Gasteiger partial charge in [-0.15, -0.1) is 0 Å². The van der Waals surface area contributed by atoms with Gasteiger partial charge in [-0.2, -0.15) is 0 Å². The SMILES string of the molecule is COc1ccc(NC2c3ncccc3C(=O)N2Cc2ccc(F)cc2)cc1. The maximum Gasteiger partial charge on any atom is 0.258 e. The van der Waals surface area contributed by atoms with Gasteiger partial charge in [0.2, 0.25) is 0 Å². The lowest BCUT2D eigenvalue weighted by atomic mass is 10.2. The second-order valence-corrected chi connectivity index (χ2v) is 6.27. The molecule has 0 spiro atoms. The first kappa shape index (κ1) is 17.0. The van der Waals surface area contributed by atoms with E-state index < -0.39 is 6.17 Å². The first-order valence-corrected chi connectivity index (χ1v) is 8.56. The zero-order valence-corrected chi connectivity index (χ0v) is 14.7. The number of pyridine rings is 1. The molecule has 4 rings (SSSR count). The van der Waals surface area contributed by atoms with Crippen molar-refractivity contribution in [3.05, 3.63) is 89.5 Å². The maximum absolute atomic E-state index is 13.2. The summed E-state index contributed by atoms with van der Waals surface area (Å²) < 4.78 is 18.4. The Kier molecular flexibility index (Phi) is 4.46. The van der Waals surface area contributed by atoms with E-state index in [0.29, 0.717) is 17.8 Å². The minimum atomic E-state index is -0.410. The number of methoxy groups -OCH3 is 1. The van der Waals surface area contributed by atoms with Crippen molar-refractivity contribution in [1.82, 2.24) is 9.88 Å². The lowest BCUT2D eigenvalue weighted by Crippen LogP contribution is -2.32. The highest BCUT2D eigenvalue weighted by Gasteiger charge is 2.37. The van der Waals surface area contributed by atoms with Crippen molar-refractivity contribution in [2.24, 2.45) is 0 Å². The number of anilines is 1. The Morgan fingerprint density at radius 2 is 1.85 bits per heavy atom. The van der Waals surface area contributed by atoms with E-state index in [9.17, 15) is 9.18 Å². The second kappa shape index (κ2) is 7.07. The molecule has 0 radical (unpaired) electrons. The Morgan fingerprint density at radius 1 is 1.11 bits per heavy atom. The summed E-state index contributed by atoms with van der Waals surface area (Å²) >= 11 is 0. The van der Waals surface area contributed by atoms with Gasteiger partial charge >= 0.3 is 0 Å². The highest BCUT2D eigenvalue weighted by Crippen LogP contribution is 2.34. The fraction of sp³-hybridized carbons (Fsp3) is 0.143. The van der Waals surface area contributed by atoms with Gasteiger partial charge in [0.05, 0.1) is 18.4 Å². The molecular formula is C21H18FN3O2. The van der Waals surface area contributed by atoms with Crippen LogP contribution in [0.1, 0.15) is 27.8 Å². The number of nitrogens with zero attached hydrogens (tertiary/aromatic N) is 2. The van der Waals surface area contributed by atoms with E-state index in [1.165, 1.54) is 12.1 Å². The van der Waals surface area contributed by atoms with E-state index in [4.69, 9.17) is 4.74 Å². The third-order valence-corrected chi connectivity index (χ3v) is 4.56. The van der Waals surface area contributed by atoms with Crippen LogP contribution in [0.2, 0.25) is 0 Å². The van der Waals surface area contributed by atoms with Crippen LogP contribution in [0.5, 0.6) is 5.75 Å². The molecule has 0 bridgehead atoms. The molecular weight excluding hydrogens is 345 g/mol. The highest BCUT2D eigenvalue weighted by molar-refractivity contribution is 5.98. The largest absolute Gasteiger partial charge is 0.497 e. The highest BCUT2D eigenvalue weighted by atomic mass is 19.1. The average molecular weight is 363 g/mol. The molecule has 1 atom stereocenters. The van der Waals surface area contributed by atoms with Crippen LogP contribution in [0.3, 0.4) is 0 Å². The van der Waals surface area contributed by atoms with Crippen molar-refractivity contribution < 1.29 is 13.9 Å². The standard InChI is InChI=1S/C21H18FN3O2/c1-27-17-10-8-16(9-11-17)24-20-19-18(3-2-12-23-19)21(26)25(20)13-14-4-6-15(22)7-5-14/h2-12,20,24H,13H2,1H3. The lowest BCUT2D eigenvalue weighted by Gasteiger charge is -2.26. The lowest BCUT2D eigenvalue weighted by molar-refractivity contribution is 0.0727. The van der Waals surface area contributed by atoms with Crippen molar-refractivity contribution in [3.63, 3.8) is 0 Å². The molecule has 1 N–H and O–H groups in total. The summed E-state index contributed by atoms with van der Waals surface area (Å²) in [6, 6.07) is 17.2. The Hall–Kier alpha value is -3.41. The molecule has 0 saturated heterocycles. The number of ether oxygens (including phenoxy) is 1. The molecule has 2 heterocycles. The van der Waals surface area contributed by atoms with Gasteiger partial charge in [-0.3, -0.25) is 9.78 Å². The Bertz CT molecular complexity index is 958. The summed E-state index contributed by atoms with van der Waals surface area (Å²) in [6.45, 7) is 0.350. The molecule has 0 aliphatic carbocycles. The number of fused-ring (bicyclic) bond motifs is 1. The maximum atomic E-state index is 13.2. The van der Waals surface area contributed by atoms with Crippen LogP contribution in [0.15, 0.2) is 66.9 Å². The van der Waals surface area contributed by atoms with Crippen molar-refractivity contribution in [1.29, 1.82) is 0 Å². The molecule has 6 heteroatoms. The Balaban J connectivity index is 1.65. The van der Waals surface area contributed by atoms with Crippen molar-refractivity contribution in [3.8, 4) is 5.75 Å². The van der Waals surface area contributed by atoms with Gasteiger partial charge < -0.3 is 15.0 Å². The third kappa shape index (κ3) is 3.33. The van der Waals surface area contributed by atoms with Gasteiger partial charge in [0.15, 0.2) is 0 Å². The van der Waals surface area contributed by atoms with E-state index in [1.54, 1.807) is 42.5 Å². The number of amides is 1. The van der Waals surface area contributed by atoms with Gasteiger partial charge in [0.1, 0.15) is 17.7 Å². The van der Waals surface area contributed by atoms with Crippen LogP contribution in [-0.4, -0.2) is 22.9 Å². The minimum Gasteiger partial charge on any atom is -0.497 e. The fourth-order valence-electron chi connectivity index (χ4n) is 3.18. The summed E-state index contributed by atoms with van der Waals surface area (Å²) in [5.41, 5.74) is 2.95. The molecule has 1 amide bonds. The average Bonchev–Trinajstić information content (AvgIpc) is 2.96. The predicted molar refractivity (Wildman–Crippen MR) is 99.9 cm³/mol. The van der Waals surface area contributed by atoms with E-state index in [0.717, 1.165) is 17.0 Å². The number of benzene rings is 2. The number of hydrogen-bond donors (Lipinski definition) is 1. The monoisotopic (exact) mass is 363 g/mol. The van der Waals surface area contributed by atoms with Crippen molar-refractivity contribution >= 4 is 11.6 Å². The molecule has 27 heavy (non-hydrogen) atoms. The van der Waals surface area contributed by atoms with Crippen molar-refractivity contribution in [2.45, 2.75) is 12.7 Å². The predicted octanol–water partition coefficient (Wildman–Crippen LogP) is 4.00. The molecule has 136 valence electrons. The molecule has 1 unspecified atom stereocenters. The quantitative estimate of drug-likeness (QED) is 0.745. The smallest absolute Gasteiger partial charge is 0.258 e. The number of hydrogen-bond acceptors (Lipinski definition) is 4. The molecule has 1 aromatic heterocycles. The van der Waals surface area contributed by atoms with Crippen LogP contribution in [-0.2, 0) is 6.54 Å². The first-order chi connectivity index (χ1) is 13.2. The summed E-state index contributed by atoms with van der Waals surface area (Å²) in [7, 11) is 1.61. The molecule has 2 aromatic carbocycles. The molecule has 0 fully saturated rings. The molecule has 5 nitrogen and oxygen atoms in total. The number of carbonyl (C=O) groups is 1. The second-order valence-electron chi connectivity index (χ2n) is 6.27. The van der Waals surface area contributed by atoms with E-state index in [2.05, 4.69) is 10.3 Å². The Labute approximate surface area is 156 Å². The number of carbonyl (C=O) groups excluding carboxylic acids is 1. The first-order valence-electron chi connectivity index (χ1n) is 8.56. The molecule has 0 saturated carbocycles. The normalized spacial score (nSPS) is 15.6. The zero-order valence-electron chi connectivity index (χ0n) is 14.7. The van der Waals surface area contributed by atoms with E-state index >= 15 is 0 Å². The van der Waals surface area contributed by atoms with Crippen molar-refractivity contribution in [2.75, 3.05) is 12.4 Å². The van der Waals surface area contributed by atoms with Crippen LogP contribution in [0.4, 0.5) is 10.1 Å². The number of nitrogens with one attached hydrogen (secondary N) is 1. The zero-order chi connectivity index (χ0) is 18.8. The number of rotatable bonds is 5. The van der Waals surface area contributed by atoms with Crippen LogP contribution < -0.4 is 10.1 Å². The summed E-state index contributed by atoms with van der Waals surface area (Å²) in [4.78, 5) is 19.0. The van der Waals surface area contributed by atoms with Gasteiger partial charge in [0.25, 0.3) is 5.91 Å². The summed E-state index contributed by atoms with van der Waals surface area (Å²) in [5, 5.41) is 3.37. The van der Waals surface area contributed by atoms with Crippen LogP contribution in [0.25, 0.3) is 0 Å². The van der Waals surface area contributed by atoms with Crippen LogP contribution in [0, 0.1) is 5.82 Å². The topological polar surface area (TPSA) is 54.5 Å². The number of aromatic nitrogens is 1. The molecule has 1 aliphatic rings. The summed E-state index contributed by atoms with van der Waals surface area (Å²) in [6.07, 6.45) is 1.27. The molecule has 1 aliphatic heterocycles. The van der Waals surface area contributed by atoms with Gasteiger partial charge in [-0.1, -0.05) is 12.1 Å². The van der Waals surface area contributed by atoms with Gasteiger partial charge in [-0.05, 0) is 54.1 Å². The van der Waals surface area contributed by atoms with Crippen LogP contribution >= 0.6 is 0 Å². The van der Waals surface area contributed by atoms with Gasteiger partial charge in [-0.25, -0.2) is 4.39 Å². The number of halogens is 1. The Morgan fingerprint density at radius 3 is 2.56 bits per heavy atom. The summed E-state index contributed by atoms with van der Waals surface area (Å²) in [5.74, 6) is 0.350. The van der Waals surface area contributed by atoms with Gasteiger partial charge in [0, 0.05) is 18.4 Å².